The van der Waals surface area contributed by atoms with E-state index in [2.05, 4.69) is 15.4 Å². The number of para-hydroxylation sites is 1. The number of ether oxygens (including phenoxy) is 1. The predicted molar refractivity (Wildman–Crippen MR) is 112 cm³/mol. The van der Waals surface area contributed by atoms with Gasteiger partial charge in [-0.25, -0.2) is 9.67 Å². The van der Waals surface area contributed by atoms with Crippen LogP contribution in [0.5, 0.6) is 5.75 Å². The van der Waals surface area contributed by atoms with Crippen LogP contribution in [0.2, 0.25) is 0 Å². The number of aromatic nitrogens is 3. The van der Waals surface area contributed by atoms with Crippen LogP contribution in [0.3, 0.4) is 0 Å². The number of nitrogens with zero attached hydrogens (tertiary/aromatic N) is 3. The van der Waals surface area contributed by atoms with Gasteiger partial charge < -0.3 is 10.1 Å². The molecule has 0 radical (unpaired) electrons. The molecule has 0 fully saturated rings. The summed E-state index contributed by atoms with van der Waals surface area (Å²) in [6.07, 6.45) is 2.58. The van der Waals surface area contributed by atoms with Gasteiger partial charge in [-0.2, -0.15) is 5.10 Å². The second kappa shape index (κ2) is 9.16. The summed E-state index contributed by atoms with van der Waals surface area (Å²) in [4.78, 5) is 16.6. The van der Waals surface area contributed by atoms with Crippen molar-refractivity contribution in [1.82, 2.24) is 20.1 Å². The fourth-order valence-corrected chi connectivity index (χ4v) is 3.36. The summed E-state index contributed by atoms with van der Waals surface area (Å²) in [5, 5.41) is 9.43. The van der Waals surface area contributed by atoms with Crippen LogP contribution in [0.1, 0.15) is 21.7 Å². The zero-order valence-electron chi connectivity index (χ0n) is 15.7. The molecule has 29 heavy (non-hydrogen) atoms. The highest BCUT2D eigenvalue weighted by Crippen LogP contribution is 2.15. The number of carbonyl (C=O) groups excluding carboxylic acids is 1. The van der Waals surface area contributed by atoms with Gasteiger partial charge in [-0.15, -0.1) is 11.3 Å². The SMILES string of the molecule is O=C(NCCc1ccn(-c2ccccc2)n1)c1cccc(OCc2cscn2)c1. The van der Waals surface area contributed by atoms with E-state index in [1.54, 1.807) is 17.6 Å². The van der Waals surface area contributed by atoms with Gasteiger partial charge in [-0.1, -0.05) is 24.3 Å². The Balaban J connectivity index is 1.28. The van der Waals surface area contributed by atoms with Gasteiger partial charge in [0.2, 0.25) is 0 Å². The number of benzene rings is 2. The summed E-state index contributed by atoms with van der Waals surface area (Å²) < 4.78 is 7.54. The summed E-state index contributed by atoms with van der Waals surface area (Å²) in [6.45, 7) is 0.896. The van der Waals surface area contributed by atoms with Crippen LogP contribution in [0.25, 0.3) is 5.69 Å². The number of hydrogen-bond acceptors (Lipinski definition) is 5. The van der Waals surface area contributed by atoms with Crippen LogP contribution < -0.4 is 10.1 Å². The monoisotopic (exact) mass is 404 g/mol. The first-order chi connectivity index (χ1) is 14.3. The molecule has 4 rings (SSSR count). The molecule has 0 aliphatic heterocycles. The molecule has 2 aromatic carbocycles. The van der Waals surface area contributed by atoms with Gasteiger partial charge in [0.15, 0.2) is 0 Å². The summed E-state index contributed by atoms with van der Waals surface area (Å²) in [5.74, 6) is 0.513. The molecule has 0 saturated heterocycles. The Morgan fingerprint density at radius 2 is 1.97 bits per heavy atom. The second-order valence-corrected chi connectivity index (χ2v) is 7.11. The van der Waals surface area contributed by atoms with E-state index >= 15 is 0 Å². The Morgan fingerprint density at radius 3 is 2.79 bits per heavy atom. The van der Waals surface area contributed by atoms with Crippen molar-refractivity contribution in [2.45, 2.75) is 13.0 Å². The third kappa shape index (κ3) is 5.08. The molecule has 0 atom stereocenters. The lowest BCUT2D eigenvalue weighted by Crippen LogP contribution is -2.25. The number of rotatable bonds is 8. The fraction of sp³-hybridized carbons (Fsp3) is 0.136. The van der Waals surface area contributed by atoms with E-state index < -0.39 is 0 Å². The smallest absolute Gasteiger partial charge is 0.251 e. The lowest BCUT2D eigenvalue weighted by molar-refractivity contribution is 0.0953. The zero-order chi connectivity index (χ0) is 19.9. The molecule has 146 valence electrons. The van der Waals surface area contributed by atoms with Gasteiger partial charge in [0.25, 0.3) is 5.91 Å². The molecule has 2 aromatic heterocycles. The van der Waals surface area contributed by atoms with Crippen molar-refractivity contribution < 1.29 is 9.53 Å². The highest BCUT2D eigenvalue weighted by molar-refractivity contribution is 7.07. The molecule has 7 heteroatoms. The molecule has 0 aliphatic rings. The molecular weight excluding hydrogens is 384 g/mol. The first-order valence-electron chi connectivity index (χ1n) is 9.26. The van der Waals surface area contributed by atoms with Crippen LogP contribution >= 0.6 is 11.3 Å². The molecule has 0 aliphatic carbocycles. The van der Waals surface area contributed by atoms with Crippen LogP contribution in [0.15, 0.2) is 77.8 Å². The summed E-state index contributed by atoms with van der Waals surface area (Å²) >= 11 is 1.53. The molecule has 2 heterocycles. The van der Waals surface area contributed by atoms with E-state index in [0.29, 0.717) is 30.9 Å². The minimum absolute atomic E-state index is 0.133. The van der Waals surface area contributed by atoms with Crippen molar-refractivity contribution in [3.05, 3.63) is 94.7 Å². The molecule has 0 spiro atoms. The van der Waals surface area contributed by atoms with Gasteiger partial charge in [-0.05, 0) is 36.4 Å². The Morgan fingerprint density at radius 1 is 1.07 bits per heavy atom. The summed E-state index contributed by atoms with van der Waals surface area (Å²) in [5.41, 5.74) is 5.15. The van der Waals surface area contributed by atoms with Crippen molar-refractivity contribution >= 4 is 17.2 Å². The Bertz CT molecular complexity index is 1060. The lowest BCUT2D eigenvalue weighted by Gasteiger charge is -2.08. The van der Waals surface area contributed by atoms with Crippen molar-refractivity contribution in [1.29, 1.82) is 0 Å². The van der Waals surface area contributed by atoms with Gasteiger partial charge in [-0.3, -0.25) is 4.79 Å². The second-order valence-electron chi connectivity index (χ2n) is 6.39. The molecule has 0 saturated carbocycles. The quantitative estimate of drug-likeness (QED) is 0.484. The van der Waals surface area contributed by atoms with Crippen LogP contribution in [-0.4, -0.2) is 27.2 Å². The first kappa shape index (κ1) is 18.9. The maximum atomic E-state index is 12.4. The molecule has 6 nitrogen and oxygen atoms in total. The van der Waals surface area contributed by atoms with Crippen LogP contribution in [0.4, 0.5) is 0 Å². The molecule has 0 bridgehead atoms. The minimum Gasteiger partial charge on any atom is -0.487 e. The largest absolute Gasteiger partial charge is 0.487 e. The third-order valence-electron chi connectivity index (χ3n) is 4.30. The van der Waals surface area contributed by atoms with Gasteiger partial charge in [0, 0.05) is 30.1 Å². The highest BCUT2D eigenvalue weighted by atomic mass is 32.1. The molecular formula is C22H20N4O2S. The molecule has 1 N–H and O–H groups in total. The van der Waals surface area contributed by atoms with Crippen LogP contribution in [0, 0.1) is 0 Å². The summed E-state index contributed by atoms with van der Waals surface area (Å²) in [7, 11) is 0. The van der Waals surface area contributed by atoms with Crippen LogP contribution in [-0.2, 0) is 13.0 Å². The van der Waals surface area contributed by atoms with Crippen molar-refractivity contribution in [3.63, 3.8) is 0 Å². The average Bonchev–Trinajstić information content (AvgIpc) is 3.45. The lowest BCUT2D eigenvalue weighted by atomic mass is 10.2. The number of carbonyl (C=O) groups is 1. The van der Waals surface area contributed by atoms with Gasteiger partial charge >= 0.3 is 0 Å². The van der Waals surface area contributed by atoms with E-state index in [1.807, 2.05) is 64.8 Å². The molecule has 0 unspecified atom stereocenters. The number of nitrogens with one attached hydrogen (secondary N) is 1. The van der Waals surface area contributed by atoms with Gasteiger partial charge in [0.05, 0.1) is 22.6 Å². The standard InChI is InChI=1S/C22H20N4O2S/c27-22(17-5-4-8-21(13-17)28-14-19-15-29-16-24-19)23-11-9-18-10-12-26(25-18)20-6-2-1-3-7-20/h1-8,10,12-13,15-16H,9,11,14H2,(H,23,27). The van der Waals surface area contributed by atoms with E-state index in [9.17, 15) is 4.79 Å². The highest BCUT2D eigenvalue weighted by Gasteiger charge is 2.08. The number of amides is 1. The van der Waals surface area contributed by atoms with Crippen molar-refractivity contribution in [3.8, 4) is 11.4 Å². The minimum atomic E-state index is -0.133. The Hall–Kier alpha value is -3.45. The fourth-order valence-electron chi connectivity index (χ4n) is 2.82. The predicted octanol–water partition coefficient (Wildman–Crippen LogP) is 3.88. The Labute approximate surface area is 172 Å². The third-order valence-corrected chi connectivity index (χ3v) is 4.93. The van der Waals surface area contributed by atoms with Gasteiger partial charge in [0.1, 0.15) is 12.4 Å². The maximum absolute atomic E-state index is 12.4. The normalized spacial score (nSPS) is 10.6. The van der Waals surface area contributed by atoms with E-state index in [-0.39, 0.29) is 5.91 Å². The Kier molecular flexibility index (Phi) is 5.97. The van der Waals surface area contributed by atoms with E-state index in [4.69, 9.17) is 4.74 Å². The summed E-state index contributed by atoms with van der Waals surface area (Å²) in [6, 6.07) is 19.1. The molecule has 4 aromatic rings. The topological polar surface area (TPSA) is 69.0 Å². The number of thiazole rings is 1. The van der Waals surface area contributed by atoms with Crippen molar-refractivity contribution in [2.75, 3.05) is 6.54 Å². The number of hydrogen-bond donors (Lipinski definition) is 1. The first-order valence-corrected chi connectivity index (χ1v) is 10.2. The van der Waals surface area contributed by atoms with E-state index in [1.165, 1.54) is 11.3 Å². The molecule has 1 amide bonds. The maximum Gasteiger partial charge on any atom is 0.251 e. The zero-order valence-corrected chi connectivity index (χ0v) is 16.5. The van der Waals surface area contributed by atoms with Crippen molar-refractivity contribution in [2.24, 2.45) is 0 Å². The van der Waals surface area contributed by atoms with E-state index in [0.717, 1.165) is 17.1 Å². The average molecular weight is 404 g/mol.